The van der Waals surface area contributed by atoms with Crippen molar-refractivity contribution in [3.63, 3.8) is 0 Å². The van der Waals surface area contributed by atoms with Crippen molar-refractivity contribution in [3.05, 3.63) is 84.8 Å². The summed E-state index contributed by atoms with van der Waals surface area (Å²) in [5.41, 5.74) is 0.270. The highest BCUT2D eigenvalue weighted by Crippen LogP contribution is 2.56. The van der Waals surface area contributed by atoms with E-state index in [9.17, 15) is 0 Å². The molecule has 0 radical (unpaired) electrons. The lowest BCUT2D eigenvalue weighted by Crippen LogP contribution is -2.43. The first-order chi connectivity index (χ1) is 14.4. The molecule has 4 heteroatoms. The van der Waals surface area contributed by atoms with Crippen molar-refractivity contribution >= 4 is 17.8 Å². The molecule has 1 saturated carbocycles. The van der Waals surface area contributed by atoms with Gasteiger partial charge in [0, 0.05) is 16.7 Å². The lowest BCUT2D eigenvalue weighted by atomic mass is 9.70. The van der Waals surface area contributed by atoms with E-state index in [1.54, 1.807) is 6.26 Å². The summed E-state index contributed by atoms with van der Waals surface area (Å²) in [5, 5.41) is 5.53. The molecule has 1 aromatic heterocycles. The van der Waals surface area contributed by atoms with E-state index >= 15 is 4.57 Å². The van der Waals surface area contributed by atoms with E-state index in [0.29, 0.717) is 12.0 Å². The molecule has 3 atom stereocenters. The summed E-state index contributed by atoms with van der Waals surface area (Å²) in [6, 6.07) is 23.9. The van der Waals surface area contributed by atoms with Crippen molar-refractivity contribution in [1.82, 2.24) is 5.32 Å². The highest BCUT2D eigenvalue weighted by Gasteiger charge is 2.42. The maximum Gasteiger partial charge on any atom is 0.166 e. The van der Waals surface area contributed by atoms with Gasteiger partial charge in [0.25, 0.3) is 0 Å². The van der Waals surface area contributed by atoms with E-state index in [0.717, 1.165) is 29.2 Å². The molecule has 1 N–H and O–H groups in total. The SMILES string of the molecule is CC1CC(NC(c2ccco2)P(=O)(c2ccccc2)c2ccccc2)CC(C)(C)C1. The Morgan fingerprint density at radius 2 is 1.53 bits per heavy atom. The standard InChI is InChI=1S/C26H32NO2P/c1-20-17-21(19-26(2,3)18-20)27-25(24-15-10-16-29-24)30(28,22-11-6-4-7-12-22)23-13-8-5-9-14-23/h4-16,20-21,25,27H,17-19H2,1-3H3. The molecule has 1 heterocycles. The molecule has 0 spiro atoms. The number of hydrogen-bond donors (Lipinski definition) is 1. The van der Waals surface area contributed by atoms with Crippen molar-refractivity contribution in [2.45, 2.75) is 51.9 Å². The Kier molecular flexibility index (Phi) is 6.04. The highest BCUT2D eigenvalue weighted by molar-refractivity contribution is 7.78. The topological polar surface area (TPSA) is 42.2 Å². The van der Waals surface area contributed by atoms with E-state index in [1.807, 2.05) is 72.8 Å². The van der Waals surface area contributed by atoms with Crippen LogP contribution in [0.3, 0.4) is 0 Å². The zero-order chi connectivity index (χ0) is 21.2. The van der Waals surface area contributed by atoms with Gasteiger partial charge >= 0.3 is 0 Å². The van der Waals surface area contributed by atoms with E-state index in [-0.39, 0.29) is 5.41 Å². The van der Waals surface area contributed by atoms with Crippen LogP contribution in [0.25, 0.3) is 0 Å². The van der Waals surface area contributed by atoms with Crippen molar-refractivity contribution < 1.29 is 8.98 Å². The van der Waals surface area contributed by atoms with Gasteiger partial charge in [0.05, 0.1) is 6.26 Å². The number of benzene rings is 2. The van der Waals surface area contributed by atoms with E-state index in [2.05, 4.69) is 26.1 Å². The minimum absolute atomic E-state index is 0.270. The van der Waals surface area contributed by atoms with Crippen molar-refractivity contribution in [2.75, 3.05) is 0 Å². The quantitative estimate of drug-likeness (QED) is 0.489. The van der Waals surface area contributed by atoms with Crippen LogP contribution in [0.5, 0.6) is 0 Å². The van der Waals surface area contributed by atoms with Gasteiger partial charge in [-0.15, -0.1) is 0 Å². The molecule has 4 rings (SSSR count). The molecule has 0 aliphatic heterocycles. The first-order valence-corrected chi connectivity index (χ1v) is 12.7. The molecule has 3 nitrogen and oxygen atoms in total. The predicted octanol–water partition coefficient (Wildman–Crippen LogP) is 6.10. The lowest BCUT2D eigenvalue weighted by Gasteiger charge is -2.41. The normalized spacial score (nSPS) is 22.5. The van der Waals surface area contributed by atoms with Crippen LogP contribution in [0.1, 0.15) is 51.6 Å². The monoisotopic (exact) mass is 421 g/mol. The second-order valence-electron chi connectivity index (χ2n) is 9.52. The van der Waals surface area contributed by atoms with Crippen molar-refractivity contribution in [1.29, 1.82) is 0 Å². The van der Waals surface area contributed by atoms with Gasteiger partial charge in [-0.1, -0.05) is 81.4 Å². The fourth-order valence-corrected chi connectivity index (χ4v) is 8.31. The Hall–Kier alpha value is -2.09. The van der Waals surface area contributed by atoms with Crippen LogP contribution >= 0.6 is 7.14 Å². The van der Waals surface area contributed by atoms with E-state index in [4.69, 9.17) is 4.42 Å². The molecule has 1 fully saturated rings. The third-order valence-corrected chi connectivity index (χ3v) is 9.50. The third-order valence-electron chi connectivity index (χ3n) is 6.24. The minimum atomic E-state index is -3.06. The van der Waals surface area contributed by atoms with Crippen molar-refractivity contribution in [3.8, 4) is 0 Å². The highest BCUT2D eigenvalue weighted by atomic mass is 31.2. The Morgan fingerprint density at radius 3 is 2.03 bits per heavy atom. The van der Waals surface area contributed by atoms with Gasteiger partial charge in [-0.05, 0) is 42.7 Å². The molecule has 3 unspecified atom stereocenters. The molecule has 3 aromatic rings. The fraction of sp³-hybridized carbons (Fsp3) is 0.385. The Labute approximate surface area is 180 Å². The molecule has 1 aliphatic carbocycles. The van der Waals surface area contributed by atoms with Gasteiger partial charge in [0.15, 0.2) is 7.14 Å². The summed E-state index contributed by atoms with van der Waals surface area (Å²) in [7, 11) is -3.06. The first-order valence-electron chi connectivity index (χ1n) is 10.9. The summed E-state index contributed by atoms with van der Waals surface area (Å²) < 4.78 is 20.9. The average molecular weight is 422 g/mol. The number of hydrogen-bond acceptors (Lipinski definition) is 3. The Morgan fingerprint density at radius 1 is 0.933 bits per heavy atom. The third kappa shape index (κ3) is 4.33. The van der Waals surface area contributed by atoms with Crippen LogP contribution in [0.2, 0.25) is 0 Å². The molecule has 158 valence electrons. The van der Waals surface area contributed by atoms with E-state index in [1.165, 1.54) is 6.42 Å². The average Bonchev–Trinajstić information content (AvgIpc) is 3.26. The van der Waals surface area contributed by atoms with E-state index < -0.39 is 12.9 Å². The van der Waals surface area contributed by atoms with Gasteiger partial charge in [0.1, 0.15) is 11.5 Å². The molecule has 0 bridgehead atoms. The number of furan rings is 1. The van der Waals surface area contributed by atoms with Gasteiger partial charge in [-0.2, -0.15) is 0 Å². The zero-order valence-electron chi connectivity index (χ0n) is 18.1. The Bertz CT molecular complexity index is 939. The minimum Gasteiger partial charge on any atom is -0.467 e. The maximum absolute atomic E-state index is 15.0. The summed E-state index contributed by atoms with van der Waals surface area (Å²) in [6.45, 7) is 7.01. The summed E-state index contributed by atoms with van der Waals surface area (Å²) in [4.78, 5) is 0. The smallest absolute Gasteiger partial charge is 0.166 e. The lowest BCUT2D eigenvalue weighted by molar-refractivity contribution is 0.148. The second-order valence-corrected chi connectivity index (χ2v) is 12.4. The van der Waals surface area contributed by atoms with Crippen LogP contribution in [-0.2, 0) is 4.57 Å². The van der Waals surface area contributed by atoms with Crippen LogP contribution < -0.4 is 15.9 Å². The molecule has 0 amide bonds. The van der Waals surface area contributed by atoms with Gasteiger partial charge in [0.2, 0.25) is 0 Å². The molecular formula is C26H32NO2P. The first kappa shape index (κ1) is 21.2. The fourth-order valence-electron chi connectivity index (χ4n) is 5.26. The summed E-state index contributed by atoms with van der Waals surface area (Å²) in [5.74, 6) is 0.974. The van der Waals surface area contributed by atoms with Gasteiger partial charge in [-0.3, -0.25) is 5.32 Å². The van der Waals surface area contributed by atoms with Crippen LogP contribution in [0.15, 0.2) is 83.5 Å². The predicted molar refractivity (Wildman–Crippen MR) is 125 cm³/mol. The van der Waals surface area contributed by atoms with Crippen LogP contribution in [0.4, 0.5) is 0 Å². The molecular weight excluding hydrogens is 389 g/mol. The van der Waals surface area contributed by atoms with Crippen LogP contribution in [-0.4, -0.2) is 6.04 Å². The second kappa shape index (κ2) is 8.57. The molecule has 1 aliphatic rings. The summed E-state index contributed by atoms with van der Waals surface area (Å²) in [6.07, 6.45) is 5.06. The van der Waals surface area contributed by atoms with Crippen molar-refractivity contribution in [2.24, 2.45) is 11.3 Å². The number of rotatable bonds is 6. The van der Waals surface area contributed by atoms with Gasteiger partial charge < -0.3 is 8.98 Å². The number of nitrogens with one attached hydrogen (secondary N) is 1. The zero-order valence-corrected chi connectivity index (χ0v) is 19.0. The Balaban J connectivity index is 1.81. The molecule has 2 aromatic carbocycles. The molecule has 30 heavy (non-hydrogen) atoms. The van der Waals surface area contributed by atoms with Crippen LogP contribution in [0, 0.1) is 11.3 Å². The largest absolute Gasteiger partial charge is 0.467 e. The van der Waals surface area contributed by atoms with Gasteiger partial charge in [-0.25, -0.2) is 0 Å². The summed E-state index contributed by atoms with van der Waals surface area (Å²) >= 11 is 0. The molecule has 0 saturated heterocycles. The maximum atomic E-state index is 15.0.